The van der Waals surface area contributed by atoms with Gasteiger partial charge in [0.1, 0.15) is 11.0 Å². The van der Waals surface area contributed by atoms with Gasteiger partial charge in [0.05, 0.1) is 23.7 Å². The molecule has 4 aromatic rings. The third-order valence-electron chi connectivity index (χ3n) is 5.96. The molecule has 41 heavy (non-hydrogen) atoms. The van der Waals surface area contributed by atoms with Gasteiger partial charge in [0.15, 0.2) is 10.3 Å². The first-order chi connectivity index (χ1) is 19.1. The van der Waals surface area contributed by atoms with E-state index in [0.29, 0.717) is 11.4 Å². The number of carbonyl (C=O) groups excluding carboxylic acids is 2. The number of nitrogens with one attached hydrogen (secondary N) is 2. The summed E-state index contributed by atoms with van der Waals surface area (Å²) >= 11 is 2.95. The number of aromatic nitrogens is 2. The highest BCUT2D eigenvalue weighted by Gasteiger charge is 2.30. The van der Waals surface area contributed by atoms with Crippen molar-refractivity contribution in [3.63, 3.8) is 0 Å². The van der Waals surface area contributed by atoms with E-state index in [1.165, 1.54) is 42.5 Å². The maximum Gasteiger partial charge on any atom is 0.409 e. The van der Waals surface area contributed by atoms with Crippen molar-refractivity contribution >= 4 is 50.7 Å². The second kappa shape index (κ2) is 14.1. The Morgan fingerprint density at radius 2 is 1.73 bits per heavy atom. The van der Waals surface area contributed by atoms with Gasteiger partial charge in [-0.15, -0.1) is 22.7 Å². The van der Waals surface area contributed by atoms with Crippen LogP contribution in [0.5, 0.6) is 0 Å². The van der Waals surface area contributed by atoms with E-state index in [2.05, 4.69) is 10.3 Å². The average Bonchev–Trinajstić information content (AvgIpc) is 3.64. The van der Waals surface area contributed by atoms with Crippen LogP contribution in [0.1, 0.15) is 22.2 Å². The summed E-state index contributed by atoms with van der Waals surface area (Å²) in [6.07, 6.45) is 3.12. The predicted molar refractivity (Wildman–Crippen MR) is 158 cm³/mol. The van der Waals surface area contributed by atoms with Crippen molar-refractivity contribution in [1.82, 2.24) is 26.3 Å². The highest BCUT2D eigenvalue weighted by molar-refractivity contribution is 7.87. The molecule has 0 aliphatic heterocycles. The number of rotatable bonds is 11. The number of nitrogens with zero attached hydrogens (tertiary/aromatic N) is 3. The first-order valence-electron chi connectivity index (χ1n) is 11.9. The van der Waals surface area contributed by atoms with Crippen LogP contribution < -0.4 is 16.2 Å². The zero-order valence-corrected chi connectivity index (χ0v) is 25.0. The lowest BCUT2D eigenvalue weighted by Crippen LogP contribution is -2.50. The molecule has 0 fully saturated rings. The molecule has 0 aliphatic carbocycles. The maximum absolute atomic E-state index is 13.7. The number of hydrogen-bond donors (Lipinski definition) is 3. The number of thiophene rings is 1. The van der Waals surface area contributed by atoms with E-state index in [9.17, 15) is 22.6 Å². The molecular weight excluding hydrogens is 589 g/mol. The number of benzene rings is 1. The van der Waals surface area contributed by atoms with Crippen LogP contribution in [0.4, 0.5) is 10.5 Å². The number of likely N-dealkylation sites (N-methyl/N-ethyl adjacent to an activating group) is 1. The third-order valence-corrected chi connectivity index (χ3v) is 8.29. The van der Waals surface area contributed by atoms with Gasteiger partial charge in [-0.2, -0.15) is 0 Å². The lowest BCUT2D eigenvalue weighted by molar-refractivity contribution is -0.126. The molecule has 0 radical (unpaired) electrons. The molecule has 1 aromatic carbocycles. The van der Waals surface area contributed by atoms with Crippen LogP contribution in [0.3, 0.4) is 0 Å². The molecule has 0 saturated carbocycles. The summed E-state index contributed by atoms with van der Waals surface area (Å²) < 4.78 is 39.9. The zero-order valence-electron chi connectivity index (χ0n) is 22.5. The smallest absolute Gasteiger partial charge is 0.409 e. The van der Waals surface area contributed by atoms with Crippen LogP contribution in [0, 0.1) is 0 Å². The molecule has 2 atom stereocenters. The number of quaternary nitrogens is 1. The third kappa shape index (κ3) is 8.80. The summed E-state index contributed by atoms with van der Waals surface area (Å²) in [6, 6.07) is 12.3. The molecule has 2 amide bonds. The fourth-order valence-corrected chi connectivity index (χ4v) is 6.02. The molecule has 3 aromatic heterocycles. The Bertz CT molecular complexity index is 1530. The van der Waals surface area contributed by atoms with Crippen LogP contribution in [-0.2, 0) is 32.7 Å². The summed E-state index contributed by atoms with van der Waals surface area (Å²) in [5, 5.41) is 7.59. The summed E-state index contributed by atoms with van der Waals surface area (Å²) in [6.45, 7) is 0. The number of thiazole rings is 1. The minimum Gasteiger partial charge on any atom is -0.731 e. The number of hydrogen-bond acceptors (Lipinski definition) is 10. The Morgan fingerprint density at radius 3 is 2.34 bits per heavy atom. The number of ether oxygens (including phenoxy) is 1. The number of pyridine rings is 1. The van der Waals surface area contributed by atoms with E-state index in [1.807, 2.05) is 27.6 Å². The van der Waals surface area contributed by atoms with Gasteiger partial charge in [-0.25, -0.2) is 18.2 Å². The second-order valence-corrected chi connectivity index (χ2v) is 11.7. The molecule has 0 bridgehead atoms. The normalized spacial score (nSPS) is 12.5. The Kier molecular flexibility index (Phi) is 10.9. The number of amides is 2. The van der Waals surface area contributed by atoms with Crippen molar-refractivity contribution in [1.29, 1.82) is 0 Å². The van der Waals surface area contributed by atoms with Crippen LogP contribution in [0.2, 0.25) is 0 Å². The first-order valence-corrected chi connectivity index (χ1v) is 15.1. The first kappa shape index (κ1) is 31.6. The van der Waals surface area contributed by atoms with Gasteiger partial charge in [0.25, 0.3) is 0 Å². The summed E-state index contributed by atoms with van der Waals surface area (Å²) in [7, 11) is -1.90. The zero-order chi connectivity index (χ0) is 28.7. The van der Waals surface area contributed by atoms with Gasteiger partial charge in [-0.3, -0.25) is 19.4 Å². The summed E-state index contributed by atoms with van der Waals surface area (Å²) in [5.74, 6) is -0.404. The molecule has 0 saturated heterocycles. The van der Waals surface area contributed by atoms with Crippen LogP contribution in [0.25, 0.3) is 10.6 Å². The Balaban J connectivity index is 0.00000462. The minimum absolute atomic E-state index is 0. The highest BCUT2D eigenvalue weighted by atomic mass is 32.2. The predicted octanol–water partition coefficient (Wildman–Crippen LogP) is 4.22. The summed E-state index contributed by atoms with van der Waals surface area (Å²) in [4.78, 5) is 37.1. The van der Waals surface area contributed by atoms with Gasteiger partial charge in [0.2, 0.25) is 5.91 Å². The van der Waals surface area contributed by atoms with Crippen molar-refractivity contribution in [3.8, 4) is 10.6 Å². The fraction of sp³-hybridized carbons (Fsp3) is 0.231. The fourth-order valence-electron chi connectivity index (χ4n) is 3.96. The Hall–Kier alpha value is -3.89. The molecular formula is C26H30N6O6S3. The molecule has 0 aliphatic rings. The maximum atomic E-state index is 13.7. The second-order valence-electron chi connectivity index (χ2n) is 8.72. The van der Waals surface area contributed by atoms with Crippen molar-refractivity contribution in [2.75, 3.05) is 18.9 Å². The lowest BCUT2D eigenvalue weighted by atomic mass is 10.0. The topological polar surface area (TPSA) is 190 Å². The van der Waals surface area contributed by atoms with Gasteiger partial charge < -0.3 is 20.8 Å². The summed E-state index contributed by atoms with van der Waals surface area (Å²) in [5.41, 5.74) is 2.49. The number of carbonyl (C=O) groups is 2. The van der Waals surface area contributed by atoms with E-state index in [-0.39, 0.29) is 18.3 Å². The molecule has 15 heteroatoms. The highest BCUT2D eigenvalue weighted by Crippen LogP contribution is 2.30. The Morgan fingerprint density at radius 1 is 1.05 bits per heavy atom. The van der Waals surface area contributed by atoms with E-state index in [4.69, 9.17) is 9.72 Å². The molecule has 12 nitrogen and oxygen atoms in total. The molecule has 3 heterocycles. The van der Waals surface area contributed by atoms with Gasteiger partial charge in [-0.1, -0.05) is 18.2 Å². The Labute approximate surface area is 245 Å². The average molecular weight is 619 g/mol. The van der Waals surface area contributed by atoms with E-state index >= 15 is 0 Å². The number of methoxy groups -OCH3 is 1. The standard InChI is InChI=1S/C26H27N5O6S3.H3N/c1-31(26(33)37-2)22(15-18-9-11-27-12-10-18)24(32)28-20(25-29-21(16-39-25)23-4-3-13-38-23)14-17-5-7-19(8-6-17)30-40(34,35)36;/h3-13,16,20,22,30H,14-15H2,1-2H3,(H,28,32)(H,34,35,36);1H3/t20-,22-;/m0./s1. The number of anilines is 1. The van der Waals surface area contributed by atoms with Crippen LogP contribution in [-0.4, -0.2) is 60.0 Å². The van der Waals surface area contributed by atoms with Crippen molar-refractivity contribution in [2.24, 2.45) is 0 Å². The lowest BCUT2D eigenvalue weighted by Gasteiger charge is -2.28. The monoisotopic (exact) mass is 618 g/mol. The van der Waals surface area contributed by atoms with Crippen molar-refractivity contribution < 1.29 is 27.3 Å². The molecule has 0 unspecified atom stereocenters. The van der Waals surface area contributed by atoms with Gasteiger partial charge in [-0.05, 0) is 53.3 Å². The minimum atomic E-state index is -4.65. The molecule has 6 N–H and O–H groups in total. The van der Waals surface area contributed by atoms with Crippen molar-refractivity contribution in [3.05, 3.63) is 87.8 Å². The van der Waals surface area contributed by atoms with E-state index < -0.39 is 34.4 Å². The van der Waals surface area contributed by atoms with E-state index in [0.717, 1.165) is 21.7 Å². The van der Waals surface area contributed by atoms with Crippen molar-refractivity contribution in [2.45, 2.75) is 24.9 Å². The van der Waals surface area contributed by atoms with Gasteiger partial charge in [0, 0.05) is 36.9 Å². The van der Waals surface area contributed by atoms with E-state index in [1.54, 1.807) is 48.0 Å². The molecule has 4 rings (SSSR count). The largest absolute Gasteiger partial charge is 0.731 e. The SMILES string of the molecule is COC(=O)N(C)[C@@H](Cc1ccncc1)C(=O)N[C@@H](Cc1ccc(NS(=O)(=O)[O-])cc1)c1nc(-c2cccs2)cs1.[NH4+]. The quantitative estimate of drug-likeness (QED) is 0.208. The van der Waals surface area contributed by atoms with Crippen LogP contribution in [0.15, 0.2) is 71.7 Å². The molecule has 0 spiro atoms. The van der Waals surface area contributed by atoms with Crippen LogP contribution >= 0.6 is 22.7 Å². The van der Waals surface area contributed by atoms with Gasteiger partial charge >= 0.3 is 6.09 Å². The molecule has 218 valence electrons.